The van der Waals surface area contributed by atoms with E-state index in [1.807, 2.05) is 36.4 Å². The fourth-order valence-corrected chi connectivity index (χ4v) is 2.32. The fourth-order valence-electron chi connectivity index (χ4n) is 2.32. The Labute approximate surface area is 118 Å². The first kappa shape index (κ1) is 12.8. The Kier molecular flexibility index (Phi) is 3.48. The van der Waals surface area contributed by atoms with E-state index in [0.717, 1.165) is 33.9 Å². The van der Waals surface area contributed by atoms with E-state index < -0.39 is 0 Å². The molecule has 0 aromatic heterocycles. The van der Waals surface area contributed by atoms with Gasteiger partial charge in [0, 0.05) is 12.1 Å². The van der Waals surface area contributed by atoms with Gasteiger partial charge in [-0.25, -0.2) is 0 Å². The number of methoxy groups -OCH3 is 1. The molecule has 0 unspecified atom stereocenters. The van der Waals surface area contributed by atoms with Gasteiger partial charge in [-0.15, -0.1) is 0 Å². The summed E-state index contributed by atoms with van der Waals surface area (Å²) in [4.78, 5) is 0. The smallest absolute Gasteiger partial charge is 0.161 e. The Morgan fingerprint density at radius 2 is 1.70 bits per heavy atom. The van der Waals surface area contributed by atoms with Crippen molar-refractivity contribution in [2.24, 2.45) is 5.73 Å². The zero-order chi connectivity index (χ0) is 13.9. The third-order valence-electron chi connectivity index (χ3n) is 3.38. The molecule has 4 heteroatoms. The Morgan fingerprint density at radius 3 is 2.45 bits per heavy atom. The molecule has 2 aromatic carbocycles. The van der Waals surface area contributed by atoms with Gasteiger partial charge in [0.2, 0.25) is 0 Å². The molecule has 104 valence electrons. The third kappa shape index (κ3) is 2.30. The highest BCUT2D eigenvalue weighted by atomic mass is 16.6. The molecule has 4 nitrogen and oxygen atoms in total. The molecule has 3 rings (SSSR count). The lowest BCUT2D eigenvalue weighted by Gasteiger charge is -2.19. The van der Waals surface area contributed by atoms with Crippen molar-refractivity contribution in [3.8, 4) is 28.4 Å². The summed E-state index contributed by atoms with van der Waals surface area (Å²) in [6.45, 7) is 1.65. The molecule has 1 heterocycles. The van der Waals surface area contributed by atoms with Crippen LogP contribution in [0.2, 0.25) is 0 Å². The summed E-state index contributed by atoms with van der Waals surface area (Å²) in [5.74, 6) is 2.39. The van der Waals surface area contributed by atoms with Crippen molar-refractivity contribution in [2.45, 2.75) is 6.54 Å². The lowest BCUT2D eigenvalue weighted by Crippen LogP contribution is -2.15. The maximum atomic E-state index is 5.69. The molecule has 2 aromatic rings. The summed E-state index contributed by atoms with van der Waals surface area (Å²) in [5, 5.41) is 0. The maximum Gasteiger partial charge on any atom is 0.161 e. The molecule has 0 radical (unpaired) electrons. The van der Waals surface area contributed by atoms with Gasteiger partial charge in [-0.2, -0.15) is 0 Å². The molecular formula is C16H17NO3. The average molecular weight is 271 g/mol. The summed E-state index contributed by atoms with van der Waals surface area (Å²) in [7, 11) is 1.65. The van der Waals surface area contributed by atoms with E-state index in [9.17, 15) is 0 Å². The minimum Gasteiger partial charge on any atom is -0.496 e. The number of ether oxygens (including phenoxy) is 3. The van der Waals surface area contributed by atoms with E-state index in [0.29, 0.717) is 19.8 Å². The van der Waals surface area contributed by atoms with E-state index in [1.54, 1.807) is 7.11 Å². The van der Waals surface area contributed by atoms with Crippen molar-refractivity contribution < 1.29 is 14.2 Å². The molecule has 2 N–H and O–H groups in total. The summed E-state index contributed by atoms with van der Waals surface area (Å²) in [6.07, 6.45) is 0. The minimum atomic E-state index is 0.463. The van der Waals surface area contributed by atoms with Crippen LogP contribution in [-0.2, 0) is 6.54 Å². The third-order valence-corrected chi connectivity index (χ3v) is 3.38. The first-order valence-electron chi connectivity index (χ1n) is 6.59. The van der Waals surface area contributed by atoms with Gasteiger partial charge in [-0.1, -0.05) is 18.2 Å². The molecule has 0 aliphatic carbocycles. The molecule has 0 atom stereocenters. The summed E-state index contributed by atoms with van der Waals surface area (Å²) >= 11 is 0. The molecule has 1 aliphatic heterocycles. The molecule has 1 aliphatic rings. The Balaban J connectivity index is 2.00. The van der Waals surface area contributed by atoms with Crippen molar-refractivity contribution in [3.63, 3.8) is 0 Å². The first-order chi connectivity index (χ1) is 9.81. The number of fused-ring (bicyclic) bond motifs is 1. The molecule has 0 spiro atoms. The number of rotatable bonds is 3. The Morgan fingerprint density at radius 1 is 1.00 bits per heavy atom. The molecule has 0 fully saturated rings. The monoisotopic (exact) mass is 271 g/mol. The Hall–Kier alpha value is -2.20. The van der Waals surface area contributed by atoms with E-state index in [4.69, 9.17) is 19.9 Å². The van der Waals surface area contributed by atoms with Gasteiger partial charge in [0.15, 0.2) is 11.5 Å². The normalized spacial score (nSPS) is 13.1. The van der Waals surface area contributed by atoms with Crippen LogP contribution in [0, 0.1) is 0 Å². The van der Waals surface area contributed by atoms with E-state index in [-0.39, 0.29) is 0 Å². The van der Waals surface area contributed by atoms with Gasteiger partial charge >= 0.3 is 0 Å². The van der Waals surface area contributed by atoms with Crippen molar-refractivity contribution in [3.05, 3.63) is 42.0 Å². The van der Waals surface area contributed by atoms with Gasteiger partial charge in [0.25, 0.3) is 0 Å². The van der Waals surface area contributed by atoms with Crippen LogP contribution >= 0.6 is 0 Å². The number of hydrogen-bond acceptors (Lipinski definition) is 4. The van der Waals surface area contributed by atoms with Crippen LogP contribution in [0.25, 0.3) is 11.1 Å². The second kappa shape index (κ2) is 5.43. The zero-order valence-electron chi connectivity index (χ0n) is 11.4. The molecular weight excluding hydrogens is 254 g/mol. The first-order valence-corrected chi connectivity index (χ1v) is 6.59. The highest BCUT2D eigenvalue weighted by Gasteiger charge is 2.13. The molecule has 0 bridgehead atoms. The van der Waals surface area contributed by atoms with Gasteiger partial charge in [-0.05, 0) is 29.3 Å². The SMILES string of the molecule is COc1cc(-c2ccc3c(c2)OCCO3)ccc1CN. The quantitative estimate of drug-likeness (QED) is 0.932. The van der Waals surface area contributed by atoms with E-state index in [1.165, 1.54) is 0 Å². The predicted molar refractivity (Wildman–Crippen MR) is 77.3 cm³/mol. The molecule has 0 saturated heterocycles. The topological polar surface area (TPSA) is 53.7 Å². The zero-order valence-corrected chi connectivity index (χ0v) is 11.4. The van der Waals surface area contributed by atoms with Crippen molar-refractivity contribution >= 4 is 0 Å². The van der Waals surface area contributed by atoms with Crippen LogP contribution in [-0.4, -0.2) is 20.3 Å². The van der Waals surface area contributed by atoms with Crippen LogP contribution in [0.4, 0.5) is 0 Å². The summed E-state index contributed by atoms with van der Waals surface area (Å²) in [6, 6.07) is 12.0. The van der Waals surface area contributed by atoms with Crippen molar-refractivity contribution in [1.82, 2.24) is 0 Å². The lowest BCUT2D eigenvalue weighted by molar-refractivity contribution is 0.171. The van der Waals surface area contributed by atoms with Gasteiger partial charge < -0.3 is 19.9 Å². The van der Waals surface area contributed by atoms with Gasteiger partial charge in [-0.3, -0.25) is 0 Å². The summed E-state index contributed by atoms with van der Waals surface area (Å²) < 4.78 is 16.5. The maximum absolute atomic E-state index is 5.69. The Bertz CT molecular complexity index is 588. The number of nitrogens with two attached hydrogens (primary N) is 1. The second-order valence-corrected chi connectivity index (χ2v) is 4.59. The van der Waals surface area contributed by atoms with Crippen LogP contribution in [0.1, 0.15) is 5.56 Å². The van der Waals surface area contributed by atoms with Crippen LogP contribution in [0.15, 0.2) is 36.4 Å². The minimum absolute atomic E-state index is 0.463. The highest BCUT2D eigenvalue weighted by molar-refractivity contribution is 5.69. The molecule has 20 heavy (non-hydrogen) atoms. The lowest BCUT2D eigenvalue weighted by atomic mass is 10.0. The highest BCUT2D eigenvalue weighted by Crippen LogP contribution is 2.35. The fraction of sp³-hybridized carbons (Fsp3) is 0.250. The molecule has 0 amide bonds. The van der Waals surface area contributed by atoms with Crippen LogP contribution < -0.4 is 19.9 Å². The van der Waals surface area contributed by atoms with E-state index >= 15 is 0 Å². The number of hydrogen-bond donors (Lipinski definition) is 1. The largest absolute Gasteiger partial charge is 0.496 e. The van der Waals surface area contributed by atoms with Crippen molar-refractivity contribution in [1.29, 1.82) is 0 Å². The van der Waals surface area contributed by atoms with E-state index in [2.05, 4.69) is 0 Å². The van der Waals surface area contributed by atoms with Crippen molar-refractivity contribution in [2.75, 3.05) is 20.3 Å². The van der Waals surface area contributed by atoms with Crippen LogP contribution in [0.3, 0.4) is 0 Å². The average Bonchev–Trinajstić information content (AvgIpc) is 2.53. The van der Waals surface area contributed by atoms with Gasteiger partial charge in [0.05, 0.1) is 7.11 Å². The standard InChI is InChI=1S/C16H17NO3/c1-18-15-8-11(2-3-13(15)10-17)12-4-5-14-16(9-12)20-7-6-19-14/h2-5,8-9H,6-7,10,17H2,1H3. The molecule has 0 saturated carbocycles. The predicted octanol–water partition coefficient (Wildman–Crippen LogP) is 2.59. The summed E-state index contributed by atoms with van der Waals surface area (Å²) in [5.41, 5.74) is 8.82. The number of benzene rings is 2. The second-order valence-electron chi connectivity index (χ2n) is 4.59. The van der Waals surface area contributed by atoms with Crippen LogP contribution in [0.5, 0.6) is 17.2 Å². The van der Waals surface area contributed by atoms with Gasteiger partial charge in [0.1, 0.15) is 19.0 Å².